The Morgan fingerprint density at radius 3 is 2.76 bits per heavy atom. The maximum absolute atomic E-state index is 5.70. The van der Waals surface area contributed by atoms with Crippen molar-refractivity contribution in [2.24, 2.45) is 0 Å². The monoisotopic (exact) mass is 230 g/mol. The van der Waals surface area contributed by atoms with Crippen molar-refractivity contribution in [3.63, 3.8) is 0 Å². The number of rotatable bonds is 3. The van der Waals surface area contributed by atoms with Crippen molar-refractivity contribution in [3.05, 3.63) is 17.8 Å². The Bertz CT molecular complexity index is 543. The lowest BCUT2D eigenvalue weighted by atomic mass is 10.2. The summed E-state index contributed by atoms with van der Waals surface area (Å²) in [4.78, 5) is 8.35. The maximum atomic E-state index is 5.70. The number of nitrogens with one attached hydrogen (secondary N) is 2. The largest absolute Gasteiger partial charge is 0.368 e. The molecule has 0 amide bonds. The first-order valence-electron chi connectivity index (χ1n) is 5.64. The number of nitrogens with zero attached hydrogens (tertiary/aromatic N) is 3. The number of aryl methyl sites for hydroxylation is 1. The Labute approximate surface area is 98.7 Å². The molecule has 2 heterocycles. The van der Waals surface area contributed by atoms with Gasteiger partial charge in [0.2, 0.25) is 5.95 Å². The van der Waals surface area contributed by atoms with Gasteiger partial charge >= 0.3 is 0 Å². The number of nitrogen functional groups attached to an aromatic ring is 1. The number of aromatic amines is 1. The van der Waals surface area contributed by atoms with Crippen molar-refractivity contribution >= 4 is 11.8 Å². The van der Waals surface area contributed by atoms with Gasteiger partial charge in [0.25, 0.3) is 0 Å². The van der Waals surface area contributed by atoms with E-state index in [1.165, 1.54) is 12.8 Å². The molecule has 17 heavy (non-hydrogen) atoms. The molecule has 0 aromatic carbocycles. The zero-order valence-corrected chi connectivity index (χ0v) is 9.57. The van der Waals surface area contributed by atoms with E-state index in [4.69, 9.17) is 5.73 Å². The number of hydrogen-bond donors (Lipinski definition) is 3. The molecule has 1 aliphatic carbocycles. The lowest BCUT2D eigenvalue weighted by Gasteiger charge is -2.05. The van der Waals surface area contributed by atoms with Crippen molar-refractivity contribution in [3.8, 4) is 11.4 Å². The van der Waals surface area contributed by atoms with E-state index in [2.05, 4.69) is 25.5 Å². The fourth-order valence-corrected chi connectivity index (χ4v) is 1.66. The topological polar surface area (TPSA) is 92.5 Å². The van der Waals surface area contributed by atoms with Crippen LogP contribution in [0.25, 0.3) is 11.4 Å². The minimum atomic E-state index is 0.270. The predicted molar refractivity (Wildman–Crippen MR) is 65.4 cm³/mol. The van der Waals surface area contributed by atoms with Crippen LogP contribution in [0, 0.1) is 6.92 Å². The van der Waals surface area contributed by atoms with Gasteiger partial charge in [-0.3, -0.25) is 5.10 Å². The maximum Gasteiger partial charge on any atom is 0.222 e. The van der Waals surface area contributed by atoms with Gasteiger partial charge in [-0.05, 0) is 25.8 Å². The molecule has 0 radical (unpaired) electrons. The zero-order valence-electron chi connectivity index (χ0n) is 9.57. The minimum absolute atomic E-state index is 0.270. The third-order valence-electron chi connectivity index (χ3n) is 2.64. The predicted octanol–water partition coefficient (Wildman–Crippen LogP) is 1.33. The quantitative estimate of drug-likeness (QED) is 0.739. The van der Waals surface area contributed by atoms with Gasteiger partial charge in [0.15, 0.2) is 0 Å². The Kier molecular flexibility index (Phi) is 2.21. The van der Waals surface area contributed by atoms with Crippen LogP contribution >= 0.6 is 0 Å². The van der Waals surface area contributed by atoms with Gasteiger partial charge in [0.1, 0.15) is 11.5 Å². The van der Waals surface area contributed by atoms with Crippen LogP contribution in [0.2, 0.25) is 0 Å². The van der Waals surface area contributed by atoms with Crippen molar-refractivity contribution in [2.75, 3.05) is 11.1 Å². The van der Waals surface area contributed by atoms with E-state index in [1.54, 1.807) is 0 Å². The highest BCUT2D eigenvalue weighted by atomic mass is 15.1. The van der Waals surface area contributed by atoms with E-state index in [0.717, 1.165) is 22.9 Å². The molecular weight excluding hydrogens is 216 g/mol. The first-order chi connectivity index (χ1) is 8.20. The second kappa shape index (κ2) is 3.73. The summed E-state index contributed by atoms with van der Waals surface area (Å²) in [5.74, 6) is 1.04. The Balaban J connectivity index is 1.95. The summed E-state index contributed by atoms with van der Waals surface area (Å²) in [6.07, 6.45) is 2.39. The summed E-state index contributed by atoms with van der Waals surface area (Å²) in [5, 5.41) is 10.4. The zero-order chi connectivity index (χ0) is 11.8. The highest BCUT2D eigenvalue weighted by molar-refractivity contribution is 5.61. The second-order valence-corrected chi connectivity index (χ2v) is 4.35. The van der Waals surface area contributed by atoms with Crippen LogP contribution in [0.5, 0.6) is 0 Å². The molecule has 0 saturated heterocycles. The van der Waals surface area contributed by atoms with Gasteiger partial charge in [0.05, 0.1) is 5.69 Å². The molecule has 0 atom stereocenters. The van der Waals surface area contributed by atoms with Crippen molar-refractivity contribution in [2.45, 2.75) is 25.8 Å². The molecule has 0 aliphatic heterocycles. The van der Waals surface area contributed by atoms with Gasteiger partial charge < -0.3 is 11.1 Å². The Morgan fingerprint density at radius 1 is 1.29 bits per heavy atom. The van der Waals surface area contributed by atoms with Crippen LogP contribution in [0.3, 0.4) is 0 Å². The van der Waals surface area contributed by atoms with E-state index < -0.39 is 0 Å². The van der Waals surface area contributed by atoms with Gasteiger partial charge in [-0.25, -0.2) is 4.98 Å². The molecule has 6 nitrogen and oxygen atoms in total. The van der Waals surface area contributed by atoms with Crippen LogP contribution in [-0.2, 0) is 0 Å². The lowest BCUT2D eigenvalue weighted by molar-refractivity contribution is 1.04. The summed E-state index contributed by atoms with van der Waals surface area (Å²) in [6.45, 7) is 1.95. The molecule has 1 aliphatic rings. The van der Waals surface area contributed by atoms with Crippen molar-refractivity contribution in [1.82, 2.24) is 20.2 Å². The lowest BCUT2D eigenvalue weighted by Crippen LogP contribution is -2.06. The number of nitrogens with two attached hydrogens (primary N) is 1. The van der Waals surface area contributed by atoms with Crippen molar-refractivity contribution in [1.29, 1.82) is 0 Å². The molecule has 1 saturated carbocycles. The number of H-pyrrole nitrogens is 1. The molecule has 2 aromatic rings. The number of anilines is 2. The fourth-order valence-electron chi connectivity index (χ4n) is 1.66. The van der Waals surface area contributed by atoms with Crippen LogP contribution < -0.4 is 11.1 Å². The molecule has 2 aromatic heterocycles. The SMILES string of the molecule is Cc1cc(-c2cc(NC3CC3)nc(N)n2)n[nH]1. The molecular formula is C11H14N6. The average Bonchev–Trinajstić information content (AvgIpc) is 2.97. The molecule has 1 fully saturated rings. The van der Waals surface area contributed by atoms with E-state index >= 15 is 0 Å². The summed E-state index contributed by atoms with van der Waals surface area (Å²) in [7, 11) is 0. The summed E-state index contributed by atoms with van der Waals surface area (Å²) in [5.41, 5.74) is 8.22. The molecule has 0 unspecified atom stereocenters. The standard InChI is InChI=1S/C11H14N6/c1-6-4-9(17-16-6)8-5-10(13-7-2-3-7)15-11(12)14-8/h4-5,7H,2-3H2,1H3,(H,16,17)(H3,12,13,14,15). The van der Waals surface area contributed by atoms with Crippen LogP contribution in [0.15, 0.2) is 12.1 Å². The first-order valence-corrected chi connectivity index (χ1v) is 5.64. The first kappa shape index (κ1) is 10.1. The third kappa shape index (κ3) is 2.20. The Hall–Kier alpha value is -2.11. The smallest absolute Gasteiger partial charge is 0.222 e. The van der Waals surface area contributed by atoms with Crippen LogP contribution in [0.4, 0.5) is 11.8 Å². The molecule has 6 heteroatoms. The van der Waals surface area contributed by atoms with Gasteiger partial charge in [-0.1, -0.05) is 0 Å². The average molecular weight is 230 g/mol. The fraction of sp³-hybridized carbons (Fsp3) is 0.364. The van der Waals surface area contributed by atoms with E-state index in [0.29, 0.717) is 6.04 Å². The summed E-state index contributed by atoms with van der Waals surface area (Å²) < 4.78 is 0. The molecule has 4 N–H and O–H groups in total. The van der Waals surface area contributed by atoms with E-state index in [1.807, 2.05) is 19.1 Å². The highest BCUT2D eigenvalue weighted by Gasteiger charge is 2.21. The van der Waals surface area contributed by atoms with Crippen molar-refractivity contribution < 1.29 is 0 Å². The van der Waals surface area contributed by atoms with Crippen LogP contribution in [-0.4, -0.2) is 26.2 Å². The van der Waals surface area contributed by atoms with E-state index in [9.17, 15) is 0 Å². The molecule has 0 bridgehead atoms. The van der Waals surface area contributed by atoms with E-state index in [-0.39, 0.29) is 5.95 Å². The van der Waals surface area contributed by atoms with Gasteiger partial charge in [0, 0.05) is 17.8 Å². The van der Waals surface area contributed by atoms with Gasteiger partial charge in [-0.2, -0.15) is 10.1 Å². The minimum Gasteiger partial charge on any atom is -0.368 e. The molecule has 88 valence electrons. The highest BCUT2D eigenvalue weighted by Crippen LogP contribution is 2.26. The normalized spacial score (nSPS) is 14.9. The third-order valence-corrected chi connectivity index (χ3v) is 2.64. The number of aromatic nitrogens is 4. The number of hydrogen-bond acceptors (Lipinski definition) is 5. The summed E-state index contributed by atoms with van der Waals surface area (Å²) >= 11 is 0. The molecule has 3 rings (SSSR count). The summed E-state index contributed by atoms with van der Waals surface area (Å²) in [6, 6.07) is 4.35. The van der Waals surface area contributed by atoms with Crippen LogP contribution in [0.1, 0.15) is 18.5 Å². The Morgan fingerprint density at radius 2 is 2.12 bits per heavy atom. The molecule has 0 spiro atoms. The van der Waals surface area contributed by atoms with Gasteiger partial charge in [-0.15, -0.1) is 0 Å². The second-order valence-electron chi connectivity index (χ2n) is 4.35.